The summed E-state index contributed by atoms with van der Waals surface area (Å²) in [6.07, 6.45) is -4.19. The third-order valence-corrected chi connectivity index (χ3v) is 5.99. The number of fused-ring (bicyclic) bond motifs is 2. The molecular weight excluding hydrogens is 379 g/mol. The molecule has 0 fully saturated rings. The van der Waals surface area contributed by atoms with Gasteiger partial charge in [0.1, 0.15) is 5.84 Å². The fraction of sp³-hybridized carbons (Fsp3) is 0.389. The minimum atomic E-state index is -4.86. The van der Waals surface area contributed by atoms with E-state index in [2.05, 4.69) is 4.99 Å². The maximum Gasteiger partial charge on any atom is 0.436 e. The SMILES string of the molecule is CC1(C)CC(=O)C2=C(C1)C1=NC(c3ccccc3)(C(F)(F)F)NC(=O)N1S2. The van der Waals surface area contributed by atoms with Crippen LogP contribution in [0.15, 0.2) is 45.8 Å². The molecule has 0 aromatic heterocycles. The Hall–Kier alpha value is -2.29. The van der Waals surface area contributed by atoms with Crippen LogP contribution in [0.3, 0.4) is 0 Å². The number of nitrogens with zero attached hydrogens (tertiary/aromatic N) is 2. The number of aliphatic imine (C=N–C) groups is 1. The number of amides is 2. The molecule has 1 aromatic carbocycles. The van der Waals surface area contributed by atoms with E-state index in [4.69, 9.17) is 0 Å². The van der Waals surface area contributed by atoms with E-state index in [1.54, 1.807) is 6.07 Å². The Morgan fingerprint density at radius 1 is 1.15 bits per heavy atom. The number of Topliss-reactive ketones (excluding diaryl/α,β-unsaturated/α-hetero) is 1. The molecule has 1 unspecified atom stereocenters. The van der Waals surface area contributed by atoms with Gasteiger partial charge in [-0.3, -0.25) is 4.79 Å². The van der Waals surface area contributed by atoms with Crippen LogP contribution < -0.4 is 5.32 Å². The number of ketones is 1. The van der Waals surface area contributed by atoms with Crippen LogP contribution in [0.1, 0.15) is 32.3 Å². The van der Waals surface area contributed by atoms with Gasteiger partial charge in [-0.15, -0.1) is 0 Å². The molecule has 0 saturated heterocycles. The topological polar surface area (TPSA) is 61.8 Å². The Morgan fingerprint density at radius 2 is 1.81 bits per heavy atom. The van der Waals surface area contributed by atoms with Gasteiger partial charge in [0.2, 0.25) is 0 Å². The zero-order valence-corrected chi connectivity index (χ0v) is 15.4. The molecule has 1 atom stereocenters. The van der Waals surface area contributed by atoms with Crippen LogP contribution in [0.4, 0.5) is 18.0 Å². The van der Waals surface area contributed by atoms with Gasteiger partial charge in [-0.25, -0.2) is 14.1 Å². The largest absolute Gasteiger partial charge is 0.436 e. The molecular formula is C18H16F3N3O2S. The normalized spacial score (nSPS) is 27.1. The number of carbonyl (C=O) groups is 2. The summed E-state index contributed by atoms with van der Waals surface area (Å²) in [5, 5.41) is 2.02. The van der Waals surface area contributed by atoms with Gasteiger partial charge < -0.3 is 5.32 Å². The number of urea groups is 1. The van der Waals surface area contributed by atoms with Crippen LogP contribution >= 0.6 is 11.9 Å². The molecule has 3 aliphatic rings. The smallest absolute Gasteiger partial charge is 0.301 e. The maximum absolute atomic E-state index is 14.1. The summed E-state index contributed by atoms with van der Waals surface area (Å²) in [4.78, 5) is 29.4. The van der Waals surface area contributed by atoms with E-state index in [-0.39, 0.29) is 23.6 Å². The highest BCUT2D eigenvalue weighted by Gasteiger charge is 2.62. The standard InChI is InChI=1S/C18H16F3N3O2S/c1-16(2)8-11-13(12(25)9-16)27-24-14(11)22-17(18(19,20)21,23-15(24)26)10-6-4-3-5-7-10/h3-7H,8-9H2,1-2H3,(H,23,26). The molecule has 2 heterocycles. The van der Waals surface area contributed by atoms with E-state index in [0.29, 0.717) is 16.9 Å². The van der Waals surface area contributed by atoms with E-state index in [1.165, 1.54) is 24.3 Å². The summed E-state index contributed by atoms with van der Waals surface area (Å²) in [6, 6.07) is 6.13. The third-order valence-electron chi connectivity index (χ3n) is 4.81. The predicted octanol–water partition coefficient (Wildman–Crippen LogP) is 4.13. The van der Waals surface area contributed by atoms with E-state index in [1.807, 2.05) is 19.2 Å². The molecule has 0 bridgehead atoms. The molecule has 27 heavy (non-hydrogen) atoms. The van der Waals surface area contributed by atoms with Crippen molar-refractivity contribution in [1.29, 1.82) is 0 Å². The number of alkyl halides is 3. The van der Waals surface area contributed by atoms with Crippen LogP contribution in [0.5, 0.6) is 0 Å². The minimum Gasteiger partial charge on any atom is -0.301 e. The van der Waals surface area contributed by atoms with Crippen molar-refractivity contribution < 1.29 is 22.8 Å². The lowest BCUT2D eigenvalue weighted by molar-refractivity contribution is -0.196. The summed E-state index contributed by atoms with van der Waals surface area (Å²) < 4.78 is 43.5. The molecule has 1 aliphatic carbocycles. The zero-order chi connectivity index (χ0) is 19.6. The highest BCUT2D eigenvalue weighted by molar-refractivity contribution is 8.03. The Labute approximate surface area is 157 Å². The molecule has 1 aromatic rings. The average molecular weight is 395 g/mol. The highest BCUT2D eigenvalue weighted by Crippen LogP contribution is 2.51. The summed E-state index contributed by atoms with van der Waals surface area (Å²) in [7, 11) is 0. The molecule has 5 nitrogen and oxygen atoms in total. The van der Waals surface area contributed by atoms with Gasteiger partial charge in [-0.1, -0.05) is 44.2 Å². The average Bonchev–Trinajstić information content (AvgIpc) is 2.93. The minimum absolute atomic E-state index is 0.0824. The molecule has 9 heteroatoms. The Morgan fingerprint density at radius 3 is 2.44 bits per heavy atom. The first kappa shape index (κ1) is 18.1. The van der Waals surface area contributed by atoms with Crippen molar-refractivity contribution >= 4 is 29.6 Å². The number of halogens is 3. The molecule has 0 spiro atoms. The monoisotopic (exact) mass is 395 g/mol. The first-order valence-electron chi connectivity index (χ1n) is 8.33. The lowest BCUT2D eigenvalue weighted by atomic mass is 9.76. The molecule has 142 valence electrons. The van der Waals surface area contributed by atoms with Gasteiger partial charge in [-0.2, -0.15) is 13.2 Å². The van der Waals surface area contributed by atoms with E-state index in [0.717, 1.165) is 16.3 Å². The molecule has 1 N–H and O–H groups in total. The molecule has 2 aliphatic heterocycles. The molecule has 0 saturated carbocycles. The second-order valence-corrected chi connectivity index (χ2v) is 8.53. The van der Waals surface area contributed by atoms with Gasteiger partial charge >= 0.3 is 12.2 Å². The molecule has 0 radical (unpaired) electrons. The first-order chi connectivity index (χ1) is 12.5. The lowest BCUT2D eigenvalue weighted by Gasteiger charge is -2.39. The fourth-order valence-electron chi connectivity index (χ4n) is 3.61. The van der Waals surface area contributed by atoms with Crippen LogP contribution in [0.2, 0.25) is 0 Å². The summed E-state index contributed by atoms with van der Waals surface area (Å²) in [5.41, 5.74) is -3.06. The van der Waals surface area contributed by atoms with Crippen LogP contribution in [-0.4, -0.2) is 28.1 Å². The molecule has 2 amide bonds. The number of benzene rings is 1. The van der Waals surface area contributed by atoms with Gasteiger partial charge in [0.25, 0.3) is 5.66 Å². The van der Waals surface area contributed by atoms with Crippen molar-refractivity contribution in [1.82, 2.24) is 9.62 Å². The Balaban J connectivity index is 1.93. The summed E-state index contributed by atoms with van der Waals surface area (Å²) >= 11 is 0.855. The number of amidine groups is 1. The number of nitrogens with one attached hydrogen (secondary N) is 1. The van der Waals surface area contributed by atoms with Crippen molar-refractivity contribution in [2.75, 3.05) is 0 Å². The van der Waals surface area contributed by atoms with Gasteiger partial charge in [0.15, 0.2) is 5.78 Å². The van der Waals surface area contributed by atoms with Gasteiger partial charge in [-0.05, 0) is 11.8 Å². The number of allylic oxidation sites excluding steroid dienone is 1. The van der Waals surface area contributed by atoms with Gasteiger partial charge in [0, 0.05) is 29.5 Å². The maximum atomic E-state index is 14.1. The fourth-order valence-corrected chi connectivity index (χ4v) is 4.60. The predicted molar refractivity (Wildman–Crippen MR) is 94.6 cm³/mol. The van der Waals surface area contributed by atoms with Crippen molar-refractivity contribution in [3.8, 4) is 0 Å². The van der Waals surface area contributed by atoms with Crippen molar-refractivity contribution in [2.45, 2.75) is 38.5 Å². The van der Waals surface area contributed by atoms with E-state index >= 15 is 0 Å². The number of hydrogen-bond donors (Lipinski definition) is 1. The number of carbonyl (C=O) groups excluding carboxylic acids is 2. The Bertz CT molecular complexity index is 908. The van der Waals surface area contributed by atoms with Gasteiger partial charge in [0.05, 0.1) is 4.91 Å². The zero-order valence-electron chi connectivity index (χ0n) is 14.6. The van der Waals surface area contributed by atoms with E-state index < -0.39 is 23.3 Å². The van der Waals surface area contributed by atoms with Crippen molar-refractivity contribution in [3.05, 3.63) is 46.4 Å². The number of hydrogen-bond acceptors (Lipinski definition) is 4. The second-order valence-electron chi connectivity index (χ2n) is 7.57. The Kier molecular flexibility index (Phi) is 3.76. The van der Waals surface area contributed by atoms with E-state index in [9.17, 15) is 22.8 Å². The van der Waals surface area contributed by atoms with Crippen molar-refractivity contribution in [2.24, 2.45) is 10.4 Å². The second kappa shape index (κ2) is 5.60. The number of rotatable bonds is 1. The van der Waals surface area contributed by atoms with Crippen LogP contribution in [0.25, 0.3) is 0 Å². The quantitative estimate of drug-likeness (QED) is 0.728. The third kappa shape index (κ3) is 2.67. The lowest BCUT2D eigenvalue weighted by Crippen LogP contribution is -2.61. The first-order valence-corrected chi connectivity index (χ1v) is 9.10. The van der Waals surface area contributed by atoms with Crippen LogP contribution in [-0.2, 0) is 10.5 Å². The van der Waals surface area contributed by atoms with Crippen molar-refractivity contribution in [3.63, 3.8) is 0 Å². The summed E-state index contributed by atoms with van der Waals surface area (Å²) in [6.45, 7) is 3.75. The molecule has 4 rings (SSSR count). The summed E-state index contributed by atoms with van der Waals surface area (Å²) in [5.74, 6) is -0.255. The highest BCUT2D eigenvalue weighted by atomic mass is 32.2. The van der Waals surface area contributed by atoms with Crippen LogP contribution in [0, 0.1) is 5.41 Å².